The summed E-state index contributed by atoms with van der Waals surface area (Å²) >= 11 is 0. The lowest BCUT2D eigenvalue weighted by Gasteiger charge is -2.10. The largest absolute Gasteiger partial charge is 0.328 e. The maximum absolute atomic E-state index is 8.98. The molecule has 0 fully saturated rings. The Morgan fingerprint density at radius 1 is 1.50 bits per heavy atom. The highest BCUT2D eigenvalue weighted by Crippen LogP contribution is 2.11. The second-order valence-electron chi connectivity index (χ2n) is 3.63. The van der Waals surface area contributed by atoms with Crippen molar-refractivity contribution in [2.75, 3.05) is 6.54 Å². The van der Waals surface area contributed by atoms with Gasteiger partial charge in [-0.2, -0.15) is 5.26 Å². The van der Waals surface area contributed by atoms with Crippen LogP contribution in [-0.4, -0.2) is 22.1 Å². The average molecular weight is 214 g/mol. The minimum atomic E-state index is -0.164. The summed E-state index contributed by atoms with van der Waals surface area (Å²) < 4.78 is 2.01. The fourth-order valence-corrected chi connectivity index (χ4v) is 1.75. The molecule has 1 atom stereocenters. The van der Waals surface area contributed by atoms with Gasteiger partial charge in [0.05, 0.1) is 30.0 Å². The van der Waals surface area contributed by atoms with E-state index in [1.54, 1.807) is 6.33 Å². The molecule has 4 heteroatoms. The van der Waals surface area contributed by atoms with Crippen molar-refractivity contribution in [2.24, 2.45) is 0 Å². The van der Waals surface area contributed by atoms with E-state index in [9.17, 15) is 0 Å². The van der Waals surface area contributed by atoms with E-state index < -0.39 is 0 Å². The summed E-state index contributed by atoms with van der Waals surface area (Å²) in [7, 11) is 0. The number of hydrogen-bond acceptors (Lipinski definition) is 3. The monoisotopic (exact) mass is 214 g/mol. The van der Waals surface area contributed by atoms with E-state index in [4.69, 9.17) is 5.26 Å². The fourth-order valence-electron chi connectivity index (χ4n) is 1.75. The molecule has 1 unspecified atom stereocenters. The molecule has 2 aromatic rings. The van der Waals surface area contributed by atoms with E-state index in [0.29, 0.717) is 6.54 Å². The van der Waals surface area contributed by atoms with Crippen LogP contribution in [0.25, 0.3) is 11.0 Å². The molecule has 0 radical (unpaired) electrons. The van der Waals surface area contributed by atoms with Crippen molar-refractivity contribution in [2.45, 2.75) is 19.5 Å². The Kier molecular flexibility index (Phi) is 3.18. The third kappa shape index (κ3) is 2.05. The van der Waals surface area contributed by atoms with Crippen LogP contribution in [0, 0.1) is 11.3 Å². The molecule has 0 saturated carbocycles. The summed E-state index contributed by atoms with van der Waals surface area (Å²) in [5.41, 5.74) is 2.04. The number of nitrogens with one attached hydrogen (secondary N) is 1. The minimum Gasteiger partial charge on any atom is -0.328 e. The van der Waals surface area contributed by atoms with Gasteiger partial charge >= 0.3 is 0 Å². The Bertz CT molecular complexity index is 509. The molecule has 16 heavy (non-hydrogen) atoms. The van der Waals surface area contributed by atoms with Gasteiger partial charge in [-0.15, -0.1) is 0 Å². The van der Waals surface area contributed by atoms with Gasteiger partial charge in [0.15, 0.2) is 0 Å². The maximum atomic E-state index is 8.98. The summed E-state index contributed by atoms with van der Waals surface area (Å²) in [5.74, 6) is 0. The van der Waals surface area contributed by atoms with Crippen molar-refractivity contribution in [3.8, 4) is 6.07 Å². The lowest BCUT2D eigenvalue weighted by molar-refractivity contribution is 0.543. The lowest BCUT2D eigenvalue weighted by atomic mass is 10.3. The Hall–Kier alpha value is -1.86. The maximum Gasteiger partial charge on any atom is 0.113 e. The number of imidazole rings is 1. The standard InChI is InChI=1S/C12H14N4/c1-2-14-10(7-13)8-16-9-15-11-5-3-4-6-12(11)16/h3-6,9-10,14H,2,8H2,1H3. The molecule has 2 rings (SSSR count). The first-order chi connectivity index (χ1) is 7.85. The number of rotatable bonds is 4. The molecule has 0 spiro atoms. The predicted octanol–water partition coefficient (Wildman–Crippen LogP) is 1.54. The molecule has 0 aliphatic carbocycles. The molecule has 0 bridgehead atoms. The van der Waals surface area contributed by atoms with Crippen LogP contribution in [0.3, 0.4) is 0 Å². The van der Waals surface area contributed by atoms with Gasteiger partial charge in [-0.1, -0.05) is 19.1 Å². The Balaban J connectivity index is 2.24. The van der Waals surface area contributed by atoms with E-state index in [1.807, 2.05) is 35.8 Å². The SMILES string of the molecule is CCNC(C#N)Cn1cnc2ccccc21. The average Bonchev–Trinajstić information content (AvgIpc) is 2.72. The van der Waals surface area contributed by atoms with Crippen molar-refractivity contribution in [1.82, 2.24) is 14.9 Å². The Labute approximate surface area is 94.5 Å². The quantitative estimate of drug-likeness (QED) is 0.839. The lowest BCUT2D eigenvalue weighted by Crippen LogP contribution is -2.31. The van der Waals surface area contributed by atoms with Gasteiger partial charge in [0.25, 0.3) is 0 Å². The van der Waals surface area contributed by atoms with Crippen molar-refractivity contribution in [3.05, 3.63) is 30.6 Å². The summed E-state index contributed by atoms with van der Waals surface area (Å²) in [6.07, 6.45) is 1.78. The molecule has 82 valence electrons. The van der Waals surface area contributed by atoms with Crippen LogP contribution >= 0.6 is 0 Å². The summed E-state index contributed by atoms with van der Waals surface area (Å²) in [6.45, 7) is 3.42. The van der Waals surface area contributed by atoms with Crippen LogP contribution in [0.2, 0.25) is 0 Å². The van der Waals surface area contributed by atoms with Crippen LogP contribution < -0.4 is 5.32 Å². The molecular weight excluding hydrogens is 200 g/mol. The predicted molar refractivity (Wildman–Crippen MR) is 62.8 cm³/mol. The van der Waals surface area contributed by atoms with Crippen LogP contribution in [0.4, 0.5) is 0 Å². The topological polar surface area (TPSA) is 53.6 Å². The van der Waals surface area contributed by atoms with Crippen molar-refractivity contribution in [1.29, 1.82) is 5.26 Å². The number of hydrogen-bond donors (Lipinski definition) is 1. The molecule has 1 N–H and O–H groups in total. The Morgan fingerprint density at radius 2 is 2.31 bits per heavy atom. The zero-order chi connectivity index (χ0) is 11.4. The molecular formula is C12H14N4. The zero-order valence-corrected chi connectivity index (χ0v) is 9.22. The first-order valence-corrected chi connectivity index (χ1v) is 5.38. The third-order valence-electron chi connectivity index (χ3n) is 2.51. The fraction of sp³-hybridized carbons (Fsp3) is 0.333. The molecule has 1 aromatic carbocycles. The van der Waals surface area contributed by atoms with Gasteiger partial charge in [-0.3, -0.25) is 0 Å². The number of para-hydroxylation sites is 2. The molecule has 0 amide bonds. The molecule has 0 aliphatic heterocycles. The van der Waals surface area contributed by atoms with E-state index in [2.05, 4.69) is 16.4 Å². The summed E-state index contributed by atoms with van der Waals surface area (Å²) in [4.78, 5) is 4.29. The minimum absolute atomic E-state index is 0.164. The smallest absolute Gasteiger partial charge is 0.113 e. The summed E-state index contributed by atoms with van der Waals surface area (Å²) in [6, 6.07) is 10.0. The molecule has 1 heterocycles. The first-order valence-electron chi connectivity index (χ1n) is 5.38. The second-order valence-corrected chi connectivity index (χ2v) is 3.63. The molecule has 1 aromatic heterocycles. The summed E-state index contributed by atoms with van der Waals surface area (Å²) in [5, 5.41) is 12.1. The van der Waals surface area contributed by atoms with Crippen LogP contribution in [-0.2, 0) is 6.54 Å². The molecule has 0 aliphatic rings. The van der Waals surface area contributed by atoms with E-state index >= 15 is 0 Å². The van der Waals surface area contributed by atoms with Crippen molar-refractivity contribution >= 4 is 11.0 Å². The normalized spacial score (nSPS) is 12.5. The Morgan fingerprint density at radius 3 is 3.06 bits per heavy atom. The van der Waals surface area contributed by atoms with Crippen molar-refractivity contribution < 1.29 is 0 Å². The van der Waals surface area contributed by atoms with Gasteiger partial charge in [-0.25, -0.2) is 4.98 Å². The van der Waals surface area contributed by atoms with Gasteiger partial charge in [0.2, 0.25) is 0 Å². The highest BCUT2D eigenvalue weighted by Gasteiger charge is 2.08. The van der Waals surface area contributed by atoms with Crippen LogP contribution in [0.5, 0.6) is 0 Å². The first kappa shape index (κ1) is 10.7. The number of nitrogens with zero attached hydrogens (tertiary/aromatic N) is 3. The van der Waals surface area contributed by atoms with E-state index in [-0.39, 0.29) is 6.04 Å². The van der Waals surface area contributed by atoms with Crippen LogP contribution in [0.1, 0.15) is 6.92 Å². The third-order valence-corrected chi connectivity index (χ3v) is 2.51. The second kappa shape index (κ2) is 4.77. The number of likely N-dealkylation sites (N-methyl/N-ethyl adjacent to an activating group) is 1. The molecule has 0 saturated heterocycles. The molecule has 4 nitrogen and oxygen atoms in total. The van der Waals surface area contributed by atoms with Gasteiger partial charge < -0.3 is 9.88 Å². The zero-order valence-electron chi connectivity index (χ0n) is 9.22. The number of benzene rings is 1. The van der Waals surface area contributed by atoms with Gasteiger partial charge in [0, 0.05) is 0 Å². The number of nitriles is 1. The van der Waals surface area contributed by atoms with Crippen LogP contribution in [0.15, 0.2) is 30.6 Å². The van der Waals surface area contributed by atoms with E-state index in [0.717, 1.165) is 17.6 Å². The highest BCUT2D eigenvalue weighted by molar-refractivity contribution is 5.74. The van der Waals surface area contributed by atoms with Crippen molar-refractivity contribution in [3.63, 3.8) is 0 Å². The van der Waals surface area contributed by atoms with Gasteiger partial charge in [-0.05, 0) is 18.7 Å². The van der Waals surface area contributed by atoms with Gasteiger partial charge in [0.1, 0.15) is 6.04 Å². The van der Waals surface area contributed by atoms with E-state index in [1.165, 1.54) is 0 Å². The highest BCUT2D eigenvalue weighted by atomic mass is 15.1. The number of aromatic nitrogens is 2. The number of fused-ring (bicyclic) bond motifs is 1.